The molecule has 4 aromatic rings. The number of furan rings is 1. The molecule has 2 aromatic heterocycles. The number of para-hydroxylation sites is 1. The van der Waals surface area contributed by atoms with Crippen molar-refractivity contribution >= 4 is 5.91 Å². The molecule has 6 heteroatoms. The second-order valence-corrected chi connectivity index (χ2v) is 8.15. The SMILES string of the molecule is O=C(NC1CCN(Cc2ccccc2)CC1)c1cc(-c2ccco2)nn1-c1ccccc1. The Morgan fingerprint density at radius 2 is 1.69 bits per heavy atom. The number of amides is 1. The second-order valence-electron chi connectivity index (χ2n) is 8.15. The fourth-order valence-corrected chi connectivity index (χ4v) is 4.19. The Hall–Kier alpha value is -3.64. The van der Waals surface area contributed by atoms with Gasteiger partial charge in [-0.2, -0.15) is 5.10 Å². The fourth-order valence-electron chi connectivity index (χ4n) is 4.19. The van der Waals surface area contributed by atoms with Crippen molar-refractivity contribution in [1.82, 2.24) is 20.0 Å². The van der Waals surface area contributed by atoms with Crippen LogP contribution in [0.4, 0.5) is 0 Å². The first-order valence-corrected chi connectivity index (χ1v) is 11.0. The lowest BCUT2D eigenvalue weighted by Gasteiger charge is -2.32. The Balaban J connectivity index is 1.28. The van der Waals surface area contributed by atoms with Crippen LogP contribution in [-0.2, 0) is 6.54 Å². The molecule has 0 unspecified atom stereocenters. The molecule has 1 saturated heterocycles. The number of hydrogen-bond acceptors (Lipinski definition) is 4. The quantitative estimate of drug-likeness (QED) is 0.492. The van der Waals surface area contributed by atoms with Gasteiger partial charge in [-0.25, -0.2) is 4.68 Å². The van der Waals surface area contributed by atoms with Crippen LogP contribution in [0.25, 0.3) is 17.1 Å². The summed E-state index contributed by atoms with van der Waals surface area (Å²) in [6.07, 6.45) is 3.48. The fraction of sp³-hybridized carbons (Fsp3) is 0.231. The summed E-state index contributed by atoms with van der Waals surface area (Å²) in [5, 5.41) is 7.88. The number of likely N-dealkylation sites (tertiary alicyclic amines) is 1. The number of rotatable bonds is 6. The molecular weight excluding hydrogens is 400 g/mol. The van der Waals surface area contributed by atoms with Gasteiger partial charge in [0.2, 0.25) is 0 Å². The van der Waals surface area contributed by atoms with Gasteiger partial charge >= 0.3 is 0 Å². The van der Waals surface area contributed by atoms with Crippen LogP contribution >= 0.6 is 0 Å². The van der Waals surface area contributed by atoms with Crippen molar-refractivity contribution in [1.29, 1.82) is 0 Å². The number of carbonyl (C=O) groups is 1. The van der Waals surface area contributed by atoms with E-state index < -0.39 is 0 Å². The minimum Gasteiger partial charge on any atom is -0.463 e. The van der Waals surface area contributed by atoms with E-state index in [4.69, 9.17) is 4.42 Å². The Bertz CT molecular complexity index is 1150. The molecular formula is C26H26N4O2. The summed E-state index contributed by atoms with van der Waals surface area (Å²) in [5.41, 5.74) is 3.32. The van der Waals surface area contributed by atoms with Gasteiger partial charge in [-0.05, 0) is 42.7 Å². The Morgan fingerprint density at radius 1 is 0.969 bits per heavy atom. The Labute approximate surface area is 187 Å². The maximum atomic E-state index is 13.2. The van der Waals surface area contributed by atoms with E-state index >= 15 is 0 Å². The van der Waals surface area contributed by atoms with Gasteiger partial charge in [-0.3, -0.25) is 9.69 Å². The first-order valence-electron chi connectivity index (χ1n) is 11.0. The summed E-state index contributed by atoms with van der Waals surface area (Å²) >= 11 is 0. The molecule has 0 atom stereocenters. The zero-order valence-electron chi connectivity index (χ0n) is 17.9. The van der Waals surface area contributed by atoms with E-state index in [0.29, 0.717) is 17.1 Å². The zero-order valence-corrected chi connectivity index (χ0v) is 17.9. The van der Waals surface area contributed by atoms with Gasteiger partial charge in [-0.15, -0.1) is 0 Å². The van der Waals surface area contributed by atoms with Gasteiger partial charge in [0.05, 0.1) is 12.0 Å². The van der Waals surface area contributed by atoms with Crippen molar-refractivity contribution in [3.05, 3.63) is 96.4 Å². The highest BCUT2D eigenvalue weighted by Gasteiger charge is 2.24. The van der Waals surface area contributed by atoms with Crippen LogP contribution in [-0.4, -0.2) is 39.7 Å². The summed E-state index contributed by atoms with van der Waals surface area (Å²) in [4.78, 5) is 15.7. The lowest BCUT2D eigenvalue weighted by atomic mass is 10.0. The largest absolute Gasteiger partial charge is 0.463 e. The highest BCUT2D eigenvalue weighted by atomic mass is 16.3. The predicted octanol–water partition coefficient (Wildman–Crippen LogP) is 4.53. The van der Waals surface area contributed by atoms with E-state index in [2.05, 4.69) is 39.6 Å². The van der Waals surface area contributed by atoms with Crippen LogP contribution in [0.5, 0.6) is 0 Å². The summed E-state index contributed by atoms with van der Waals surface area (Å²) in [7, 11) is 0. The van der Waals surface area contributed by atoms with E-state index in [-0.39, 0.29) is 11.9 Å². The zero-order chi connectivity index (χ0) is 21.8. The van der Waals surface area contributed by atoms with E-state index in [1.54, 1.807) is 17.0 Å². The normalized spacial score (nSPS) is 15.0. The van der Waals surface area contributed by atoms with Crippen LogP contribution in [0, 0.1) is 0 Å². The van der Waals surface area contributed by atoms with E-state index in [0.717, 1.165) is 38.2 Å². The highest BCUT2D eigenvalue weighted by Crippen LogP contribution is 2.23. The van der Waals surface area contributed by atoms with Crippen LogP contribution in [0.3, 0.4) is 0 Å². The summed E-state index contributed by atoms with van der Waals surface area (Å²) in [6, 6.07) is 25.9. The van der Waals surface area contributed by atoms with Gasteiger partial charge in [-0.1, -0.05) is 48.5 Å². The minimum atomic E-state index is -0.110. The van der Waals surface area contributed by atoms with Crippen molar-refractivity contribution in [2.45, 2.75) is 25.4 Å². The summed E-state index contributed by atoms with van der Waals surface area (Å²) in [5.74, 6) is 0.531. The molecule has 1 N–H and O–H groups in total. The van der Waals surface area contributed by atoms with Gasteiger partial charge in [0, 0.05) is 31.7 Å². The third kappa shape index (κ3) is 4.50. The van der Waals surface area contributed by atoms with Crippen molar-refractivity contribution in [2.75, 3.05) is 13.1 Å². The molecule has 1 aliphatic rings. The number of aromatic nitrogens is 2. The molecule has 0 aliphatic carbocycles. The molecule has 0 saturated carbocycles. The van der Waals surface area contributed by atoms with Gasteiger partial charge in [0.1, 0.15) is 11.4 Å². The molecule has 6 nitrogen and oxygen atoms in total. The maximum absolute atomic E-state index is 13.2. The third-order valence-corrected chi connectivity index (χ3v) is 5.89. The Kier molecular flexibility index (Phi) is 5.85. The topological polar surface area (TPSA) is 63.3 Å². The molecule has 32 heavy (non-hydrogen) atoms. The molecule has 0 bridgehead atoms. The number of benzene rings is 2. The second kappa shape index (κ2) is 9.24. The average molecular weight is 427 g/mol. The number of hydrogen-bond donors (Lipinski definition) is 1. The van der Waals surface area contributed by atoms with Crippen LogP contribution in [0.15, 0.2) is 89.5 Å². The first-order chi connectivity index (χ1) is 15.8. The molecule has 162 valence electrons. The standard InChI is InChI=1S/C26H26N4O2/c31-26(27-21-13-15-29(16-14-21)19-20-8-3-1-4-9-20)24-18-23(25-12-7-17-32-25)28-30(24)22-10-5-2-6-11-22/h1-12,17-18,21H,13-16,19H2,(H,27,31). The molecule has 0 radical (unpaired) electrons. The summed E-state index contributed by atoms with van der Waals surface area (Å²) in [6.45, 7) is 2.89. The van der Waals surface area contributed by atoms with Gasteiger partial charge in [0.15, 0.2) is 5.76 Å². The number of nitrogens with zero attached hydrogens (tertiary/aromatic N) is 3. The maximum Gasteiger partial charge on any atom is 0.270 e. The lowest BCUT2D eigenvalue weighted by Crippen LogP contribution is -2.44. The lowest BCUT2D eigenvalue weighted by molar-refractivity contribution is 0.0901. The number of carbonyl (C=O) groups excluding carboxylic acids is 1. The average Bonchev–Trinajstić information content (AvgIpc) is 3.52. The molecule has 0 spiro atoms. The smallest absolute Gasteiger partial charge is 0.270 e. The van der Waals surface area contributed by atoms with Crippen molar-refractivity contribution < 1.29 is 9.21 Å². The predicted molar refractivity (Wildman–Crippen MR) is 123 cm³/mol. The third-order valence-electron chi connectivity index (χ3n) is 5.89. The number of piperidine rings is 1. The van der Waals surface area contributed by atoms with Gasteiger partial charge in [0.25, 0.3) is 5.91 Å². The molecule has 3 heterocycles. The van der Waals surface area contributed by atoms with Crippen molar-refractivity contribution in [2.24, 2.45) is 0 Å². The molecule has 5 rings (SSSR count). The van der Waals surface area contributed by atoms with E-state index in [1.165, 1.54) is 5.56 Å². The minimum absolute atomic E-state index is 0.110. The molecule has 2 aromatic carbocycles. The summed E-state index contributed by atoms with van der Waals surface area (Å²) < 4.78 is 7.19. The highest BCUT2D eigenvalue weighted by molar-refractivity contribution is 5.94. The van der Waals surface area contributed by atoms with Crippen LogP contribution in [0.1, 0.15) is 28.9 Å². The van der Waals surface area contributed by atoms with Gasteiger partial charge < -0.3 is 9.73 Å². The van der Waals surface area contributed by atoms with Crippen molar-refractivity contribution in [3.8, 4) is 17.1 Å². The Morgan fingerprint density at radius 3 is 2.38 bits per heavy atom. The molecule has 1 amide bonds. The first kappa shape index (κ1) is 20.3. The monoisotopic (exact) mass is 426 g/mol. The molecule has 1 fully saturated rings. The number of nitrogens with one attached hydrogen (secondary N) is 1. The van der Waals surface area contributed by atoms with E-state index in [1.807, 2.05) is 48.5 Å². The molecule has 1 aliphatic heterocycles. The van der Waals surface area contributed by atoms with Crippen molar-refractivity contribution in [3.63, 3.8) is 0 Å². The van der Waals surface area contributed by atoms with E-state index in [9.17, 15) is 4.79 Å². The van der Waals surface area contributed by atoms with Crippen LogP contribution in [0.2, 0.25) is 0 Å². The van der Waals surface area contributed by atoms with Crippen LogP contribution < -0.4 is 5.32 Å².